The van der Waals surface area contributed by atoms with E-state index in [1.807, 2.05) is 13.0 Å². The molecule has 1 aromatic rings. The van der Waals surface area contributed by atoms with Gasteiger partial charge in [-0.2, -0.15) is 4.31 Å². The predicted molar refractivity (Wildman–Crippen MR) is 84.6 cm³/mol. The second-order valence-electron chi connectivity index (χ2n) is 5.33. The Morgan fingerprint density at radius 3 is 2.29 bits per heavy atom. The fourth-order valence-corrected chi connectivity index (χ4v) is 4.21. The molecule has 6 heteroatoms. The summed E-state index contributed by atoms with van der Waals surface area (Å²) < 4.78 is 27.0. The monoisotopic (exact) mass is 311 g/mol. The van der Waals surface area contributed by atoms with Crippen LogP contribution in [-0.2, 0) is 23.0 Å². The second kappa shape index (κ2) is 6.87. The van der Waals surface area contributed by atoms with Crippen molar-refractivity contribution in [3.8, 4) is 0 Å². The highest BCUT2D eigenvalue weighted by atomic mass is 32.2. The van der Waals surface area contributed by atoms with Crippen molar-refractivity contribution in [3.63, 3.8) is 0 Å². The number of aryl methyl sites for hydroxylation is 1. The summed E-state index contributed by atoms with van der Waals surface area (Å²) in [5.74, 6) is 0. The van der Waals surface area contributed by atoms with Crippen LogP contribution in [0.5, 0.6) is 0 Å². The molecule has 1 aliphatic rings. The van der Waals surface area contributed by atoms with Crippen molar-refractivity contribution in [2.75, 3.05) is 32.7 Å². The molecular weight excluding hydrogens is 286 g/mol. The van der Waals surface area contributed by atoms with Gasteiger partial charge in [-0.1, -0.05) is 19.9 Å². The van der Waals surface area contributed by atoms with Gasteiger partial charge in [0.25, 0.3) is 0 Å². The molecule has 1 heterocycles. The van der Waals surface area contributed by atoms with Gasteiger partial charge in [-0.25, -0.2) is 8.42 Å². The summed E-state index contributed by atoms with van der Waals surface area (Å²) in [4.78, 5) is 2.63. The third-order valence-electron chi connectivity index (χ3n) is 4.19. The highest BCUT2D eigenvalue weighted by Crippen LogP contribution is 2.21. The number of nitrogens with zero attached hydrogens (tertiary/aromatic N) is 2. The van der Waals surface area contributed by atoms with E-state index in [4.69, 9.17) is 5.73 Å². The summed E-state index contributed by atoms with van der Waals surface area (Å²) in [6.45, 7) is 8.20. The number of sulfonamides is 1. The van der Waals surface area contributed by atoms with E-state index in [-0.39, 0.29) is 0 Å². The van der Waals surface area contributed by atoms with Crippen LogP contribution in [0.2, 0.25) is 0 Å². The zero-order chi connectivity index (χ0) is 15.5. The van der Waals surface area contributed by atoms with Crippen molar-refractivity contribution >= 4 is 10.0 Å². The maximum Gasteiger partial charge on any atom is 0.243 e. The first-order valence-electron chi connectivity index (χ1n) is 7.57. The number of hydrogen-bond donors (Lipinski definition) is 1. The quantitative estimate of drug-likeness (QED) is 0.882. The Balaban J connectivity index is 2.24. The maximum atomic E-state index is 12.7. The predicted octanol–water partition coefficient (Wildman–Crippen LogP) is 1.03. The number of piperazine rings is 1. The molecule has 1 fully saturated rings. The van der Waals surface area contributed by atoms with Gasteiger partial charge in [0.1, 0.15) is 0 Å². The number of rotatable bonds is 5. The Bertz CT molecular complexity index is 579. The highest BCUT2D eigenvalue weighted by molar-refractivity contribution is 7.89. The standard InChI is InChI=1S/C15H25N3O2S/c1-3-13-5-6-15(11-14(13)12-16)21(19,20)18-9-7-17(4-2)8-10-18/h5-6,11H,3-4,7-10,12,16H2,1-2H3. The molecule has 1 aliphatic heterocycles. The largest absolute Gasteiger partial charge is 0.326 e. The summed E-state index contributed by atoms with van der Waals surface area (Å²) in [5, 5.41) is 0. The SMILES string of the molecule is CCc1ccc(S(=O)(=O)N2CCN(CC)CC2)cc1CN. The highest BCUT2D eigenvalue weighted by Gasteiger charge is 2.28. The van der Waals surface area contributed by atoms with E-state index in [9.17, 15) is 8.42 Å². The first-order chi connectivity index (χ1) is 10.0. The van der Waals surface area contributed by atoms with Crippen LogP contribution in [-0.4, -0.2) is 50.3 Å². The van der Waals surface area contributed by atoms with Gasteiger partial charge in [-0.05, 0) is 36.2 Å². The van der Waals surface area contributed by atoms with E-state index in [0.717, 1.165) is 37.2 Å². The third-order valence-corrected chi connectivity index (χ3v) is 6.09. The summed E-state index contributed by atoms with van der Waals surface area (Å²) in [5.41, 5.74) is 7.78. The fourth-order valence-electron chi connectivity index (χ4n) is 2.73. The Morgan fingerprint density at radius 2 is 1.76 bits per heavy atom. The molecule has 21 heavy (non-hydrogen) atoms. The number of hydrogen-bond acceptors (Lipinski definition) is 4. The van der Waals surface area contributed by atoms with Crippen LogP contribution in [0.15, 0.2) is 23.1 Å². The van der Waals surface area contributed by atoms with E-state index in [0.29, 0.717) is 24.5 Å². The van der Waals surface area contributed by atoms with Gasteiger partial charge in [-0.3, -0.25) is 0 Å². The first kappa shape index (κ1) is 16.4. The molecule has 2 N–H and O–H groups in total. The average Bonchev–Trinajstić information content (AvgIpc) is 2.54. The molecule has 1 saturated heterocycles. The number of benzene rings is 1. The van der Waals surface area contributed by atoms with Crippen LogP contribution in [0.1, 0.15) is 25.0 Å². The number of nitrogens with two attached hydrogens (primary N) is 1. The van der Waals surface area contributed by atoms with Crippen LogP contribution >= 0.6 is 0 Å². The summed E-state index contributed by atoms with van der Waals surface area (Å²) in [6.07, 6.45) is 0.863. The molecule has 1 aromatic carbocycles. The molecule has 118 valence electrons. The maximum absolute atomic E-state index is 12.7. The first-order valence-corrected chi connectivity index (χ1v) is 9.01. The molecule has 0 atom stereocenters. The second-order valence-corrected chi connectivity index (χ2v) is 7.26. The van der Waals surface area contributed by atoms with Crippen molar-refractivity contribution in [3.05, 3.63) is 29.3 Å². The lowest BCUT2D eigenvalue weighted by molar-refractivity contribution is 0.196. The van der Waals surface area contributed by atoms with Gasteiger partial charge in [-0.15, -0.1) is 0 Å². The van der Waals surface area contributed by atoms with Crippen LogP contribution in [0.25, 0.3) is 0 Å². The van der Waals surface area contributed by atoms with E-state index >= 15 is 0 Å². The van der Waals surface area contributed by atoms with E-state index < -0.39 is 10.0 Å². The lowest BCUT2D eigenvalue weighted by Gasteiger charge is -2.33. The molecule has 0 unspecified atom stereocenters. The normalized spacial score (nSPS) is 18.0. The molecular formula is C15H25N3O2S. The van der Waals surface area contributed by atoms with Crippen LogP contribution in [0, 0.1) is 0 Å². The lowest BCUT2D eigenvalue weighted by atomic mass is 10.1. The Morgan fingerprint density at radius 1 is 1.10 bits per heavy atom. The van der Waals surface area contributed by atoms with Crippen molar-refractivity contribution in [1.29, 1.82) is 0 Å². The Labute approximate surface area is 127 Å². The van der Waals surface area contributed by atoms with Gasteiger partial charge in [0.2, 0.25) is 10.0 Å². The Hall–Kier alpha value is -0.950. The van der Waals surface area contributed by atoms with E-state index in [1.165, 1.54) is 0 Å². The van der Waals surface area contributed by atoms with Crippen molar-refractivity contribution in [1.82, 2.24) is 9.21 Å². The lowest BCUT2D eigenvalue weighted by Crippen LogP contribution is -2.48. The van der Waals surface area contributed by atoms with E-state index in [1.54, 1.807) is 16.4 Å². The molecule has 0 aliphatic carbocycles. The molecule has 0 aromatic heterocycles. The van der Waals surface area contributed by atoms with Crippen molar-refractivity contribution in [2.24, 2.45) is 5.73 Å². The zero-order valence-electron chi connectivity index (χ0n) is 12.9. The fraction of sp³-hybridized carbons (Fsp3) is 0.600. The molecule has 0 bridgehead atoms. The van der Waals surface area contributed by atoms with Crippen LogP contribution < -0.4 is 5.73 Å². The van der Waals surface area contributed by atoms with Crippen LogP contribution in [0.3, 0.4) is 0 Å². The minimum absolute atomic E-state index is 0.366. The summed E-state index contributed by atoms with van der Waals surface area (Å²) in [6, 6.07) is 5.33. The molecule has 0 amide bonds. The molecule has 0 spiro atoms. The average molecular weight is 311 g/mol. The van der Waals surface area contributed by atoms with Gasteiger partial charge in [0.15, 0.2) is 0 Å². The molecule has 0 saturated carbocycles. The minimum Gasteiger partial charge on any atom is -0.326 e. The number of likely N-dealkylation sites (N-methyl/N-ethyl adjacent to an activating group) is 1. The van der Waals surface area contributed by atoms with Crippen molar-refractivity contribution in [2.45, 2.75) is 31.7 Å². The minimum atomic E-state index is -3.40. The molecule has 0 radical (unpaired) electrons. The topological polar surface area (TPSA) is 66.6 Å². The summed E-state index contributed by atoms with van der Waals surface area (Å²) >= 11 is 0. The Kier molecular flexibility index (Phi) is 5.37. The zero-order valence-corrected chi connectivity index (χ0v) is 13.7. The van der Waals surface area contributed by atoms with Gasteiger partial charge in [0.05, 0.1) is 4.90 Å². The van der Waals surface area contributed by atoms with Gasteiger partial charge < -0.3 is 10.6 Å². The van der Waals surface area contributed by atoms with Gasteiger partial charge >= 0.3 is 0 Å². The van der Waals surface area contributed by atoms with E-state index in [2.05, 4.69) is 11.8 Å². The molecule has 5 nitrogen and oxygen atoms in total. The van der Waals surface area contributed by atoms with Crippen molar-refractivity contribution < 1.29 is 8.42 Å². The summed E-state index contributed by atoms with van der Waals surface area (Å²) in [7, 11) is -3.40. The third kappa shape index (κ3) is 3.45. The van der Waals surface area contributed by atoms with Crippen LogP contribution in [0.4, 0.5) is 0 Å². The van der Waals surface area contributed by atoms with Gasteiger partial charge in [0, 0.05) is 32.7 Å². The smallest absolute Gasteiger partial charge is 0.243 e. The molecule has 2 rings (SSSR count).